The van der Waals surface area contributed by atoms with Crippen LogP contribution in [0.1, 0.15) is 27.7 Å². The second-order valence-electron chi connectivity index (χ2n) is 4.15. The Morgan fingerprint density at radius 2 is 1.18 bits per heavy atom. The van der Waals surface area contributed by atoms with Gasteiger partial charge in [0, 0.05) is 11.1 Å². The van der Waals surface area contributed by atoms with E-state index in [-0.39, 0.29) is 11.1 Å². The fourth-order valence-corrected chi connectivity index (χ4v) is 1.08. The molecular formula is C14H16N2O6. The summed E-state index contributed by atoms with van der Waals surface area (Å²) < 4.78 is 9.60. The fourth-order valence-electron chi connectivity index (χ4n) is 1.08. The Bertz CT molecular complexity index is 528. The molecule has 0 bridgehead atoms. The van der Waals surface area contributed by atoms with E-state index in [9.17, 15) is 19.2 Å². The first-order valence-corrected chi connectivity index (χ1v) is 6.23. The number of esters is 2. The van der Waals surface area contributed by atoms with E-state index in [0.717, 1.165) is 0 Å². The van der Waals surface area contributed by atoms with E-state index < -0.39 is 24.4 Å². The number of carbonyl (C=O) groups is 2. The Morgan fingerprint density at radius 3 is 1.45 bits per heavy atom. The van der Waals surface area contributed by atoms with Gasteiger partial charge in [0.25, 0.3) is 0 Å². The third-order valence-electron chi connectivity index (χ3n) is 2.25. The van der Waals surface area contributed by atoms with E-state index in [2.05, 4.69) is 9.98 Å². The first-order chi connectivity index (χ1) is 10.3. The van der Waals surface area contributed by atoms with Gasteiger partial charge in [-0.3, -0.25) is 0 Å². The summed E-state index contributed by atoms with van der Waals surface area (Å²) in [6.07, 6.45) is 3.37. The van der Waals surface area contributed by atoms with Gasteiger partial charge in [0.05, 0.1) is 0 Å². The molecule has 0 aliphatic carbocycles. The summed E-state index contributed by atoms with van der Waals surface area (Å²) in [6.45, 7) is 5.75. The van der Waals surface area contributed by atoms with Crippen LogP contribution in [0.5, 0.6) is 0 Å². The van der Waals surface area contributed by atoms with Crippen molar-refractivity contribution < 1.29 is 28.7 Å². The van der Waals surface area contributed by atoms with Gasteiger partial charge in [0.1, 0.15) is 0 Å². The van der Waals surface area contributed by atoms with Gasteiger partial charge in [-0.1, -0.05) is 12.2 Å². The molecule has 0 aliphatic heterocycles. The van der Waals surface area contributed by atoms with Crippen LogP contribution in [0, 0.1) is 0 Å². The van der Waals surface area contributed by atoms with Crippen LogP contribution in [0.2, 0.25) is 0 Å². The molecule has 118 valence electrons. The molecule has 2 atom stereocenters. The molecule has 0 heterocycles. The van der Waals surface area contributed by atoms with Crippen molar-refractivity contribution in [3.63, 3.8) is 0 Å². The molecule has 0 fully saturated rings. The molecule has 0 spiro atoms. The molecule has 0 rings (SSSR count). The summed E-state index contributed by atoms with van der Waals surface area (Å²) >= 11 is 0. The number of aliphatic imine (C=N–C) groups is 2. The lowest BCUT2D eigenvalue weighted by Crippen LogP contribution is -2.14. The number of ether oxygens (including phenoxy) is 2. The van der Waals surface area contributed by atoms with Gasteiger partial charge in [-0.2, -0.15) is 9.98 Å². The highest BCUT2D eigenvalue weighted by Crippen LogP contribution is 2.05. The quantitative estimate of drug-likeness (QED) is 0.230. The van der Waals surface area contributed by atoms with Gasteiger partial charge in [0.2, 0.25) is 24.6 Å². The summed E-state index contributed by atoms with van der Waals surface area (Å²) in [4.78, 5) is 49.6. The first-order valence-electron chi connectivity index (χ1n) is 6.23. The molecule has 0 amide bonds. The number of isocyanates is 2. The third-order valence-corrected chi connectivity index (χ3v) is 2.25. The minimum Gasteiger partial charge on any atom is -0.436 e. The Hall–Kier alpha value is -2.82. The van der Waals surface area contributed by atoms with Crippen molar-refractivity contribution in [2.75, 3.05) is 0 Å². The van der Waals surface area contributed by atoms with Gasteiger partial charge in [-0.05, 0) is 27.7 Å². The Kier molecular flexibility index (Phi) is 8.71. The molecule has 0 saturated heterocycles. The van der Waals surface area contributed by atoms with Crippen molar-refractivity contribution in [3.8, 4) is 0 Å². The number of rotatable bonds is 7. The topological polar surface area (TPSA) is 111 Å². The number of hydrogen-bond acceptors (Lipinski definition) is 8. The summed E-state index contributed by atoms with van der Waals surface area (Å²) in [5.41, 5.74) is 0.387. The van der Waals surface area contributed by atoms with Gasteiger partial charge in [-0.15, -0.1) is 0 Å². The number of nitrogens with zero attached hydrogens (tertiary/aromatic N) is 2. The summed E-state index contributed by atoms with van der Waals surface area (Å²) in [5.74, 6) is -1.38. The lowest BCUT2D eigenvalue weighted by molar-refractivity contribution is -0.144. The maximum atomic E-state index is 11.6. The lowest BCUT2D eigenvalue weighted by Gasteiger charge is -2.07. The number of hydrogen-bond donors (Lipinski definition) is 0. The highest BCUT2D eigenvalue weighted by Gasteiger charge is 2.11. The number of allylic oxidation sites excluding steroid dienone is 2. The predicted octanol–water partition coefficient (Wildman–Crippen LogP) is 1.33. The van der Waals surface area contributed by atoms with Crippen molar-refractivity contribution >= 4 is 24.1 Å². The largest absolute Gasteiger partial charge is 0.436 e. The molecule has 2 unspecified atom stereocenters. The van der Waals surface area contributed by atoms with Crippen LogP contribution in [0.15, 0.2) is 33.3 Å². The smallest absolute Gasteiger partial charge is 0.335 e. The average Bonchev–Trinajstić information content (AvgIpc) is 2.44. The van der Waals surface area contributed by atoms with E-state index in [1.165, 1.54) is 52.0 Å². The molecule has 22 heavy (non-hydrogen) atoms. The zero-order valence-electron chi connectivity index (χ0n) is 12.7. The molecule has 0 aromatic heterocycles. The number of carbonyl (C=O) groups excluding carboxylic acids is 4. The van der Waals surface area contributed by atoms with E-state index in [0.29, 0.717) is 0 Å². The highest BCUT2D eigenvalue weighted by molar-refractivity contribution is 5.90. The molecule has 0 N–H and O–H groups in total. The van der Waals surface area contributed by atoms with Crippen LogP contribution in [-0.2, 0) is 28.7 Å². The molecule has 8 nitrogen and oxygen atoms in total. The highest BCUT2D eigenvalue weighted by atomic mass is 16.6. The molecule has 8 heteroatoms. The molecule has 0 radical (unpaired) electrons. The first kappa shape index (κ1) is 19.2. The standard InChI is InChI=1S/C14H16N2O6/c1-9(13(19)21-11(3)15-7-17)5-6-10(2)14(20)22-12(4)16-8-18/h5-6,11-12H,1-4H3/b9-5+,10-6+. The summed E-state index contributed by atoms with van der Waals surface area (Å²) in [6, 6.07) is 0. The minimum atomic E-state index is -0.939. The van der Waals surface area contributed by atoms with Crippen LogP contribution >= 0.6 is 0 Å². The van der Waals surface area contributed by atoms with Crippen molar-refractivity contribution in [1.29, 1.82) is 0 Å². The maximum absolute atomic E-state index is 11.6. The van der Waals surface area contributed by atoms with Gasteiger partial charge in [0.15, 0.2) is 0 Å². The van der Waals surface area contributed by atoms with E-state index in [1.807, 2.05) is 0 Å². The maximum Gasteiger partial charge on any atom is 0.335 e. The normalized spacial score (nSPS) is 14.0. The predicted molar refractivity (Wildman–Crippen MR) is 74.9 cm³/mol. The molecule has 0 aromatic rings. The van der Waals surface area contributed by atoms with E-state index in [4.69, 9.17) is 9.47 Å². The third kappa shape index (κ3) is 7.69. The van der Waals surface area contributed by atoms with E-state index >= 15 is 0 Å². The molecular weight excluding hydrogens is 292 g/mol. The average molecular weight is 308 g/mol. The van der Waals surface area contributed by atoms with Crippen LogP contribution in [-0.4, -0.2) is 36.6 Å². The van der Waals surface area contributed by atoms with Gasteiger partial charge in [-0.25, -0.2) is 19.2 Å². The zero-order valence-corrected chi connectivity index (χ0v) is 12.7. The van der Waals surface area contributed by atoms with Crippen molar-refractivity contribution in [1.82, 2.24) is 0 Å². The Morgan fingerprint density at radius 1 is 0.864 bits per heavy atom. The SMILES string of the molecule is C/C(=C\C=C(/C)C(=O)OC(C)N=C=O)C(=O)OC(C)N=C=O. The molecule has 0 aromatic carbocycles. The van der Waals surface area contributed by atoms with Crippen LogP contribution in [0.3, 0.4) is 0 Å². The lowest BCUT2D eigenvalue weighted by atomic mass is 10.2. The Balaban J connectivity index is 4.76. The van der Waals surface area contributed by atoms with Gasteiger partial charge >= 0.3 is 11.9 Å². The molecule has 0 saturated carbocycles. The van der Waals surface area contributed by atoms with Crippen molar-refractivity contribution in [2.45, 2.75) is 40.2 Å². The van der Waals surface area contributed by atoms with Crippen LogP contribution in [0.4, 0.5) is 0 Å². The summed E-state index contributed by atoms with van der Waals surface area (Å²) in [7, 11) is 0. The minimum absolute atomic E-state index is 0.194. The van der Waals surface area contributed by atoms with E-state index in [1.54, 1.807) is 0 Å². The van der Waals surface area contributed by atoms with Gasteiger partial charge < -0.3 is 9.47 Å². The fraction of sp³-hybridized carbons (Fsp3) is 0.429. The van der Waals surface area contributed by atoms with Crippen LogP contribution in [0.25, 0.3) is 0 Å². The second-order valence-corrected chi connectivity index (χ2v) is 4.15. The monoisotopic (exact) mass is 308 g/mol. The molecule has 0 aliphatic rings. The second kappa shape index (κ2) is 9.99. The van der Waals surface area contributed by atoms with Crippen molar-refractivity contribution in [3.05, 3.63) is 23.3 Å². The zero-order chi connectivity index (χ0) is 17.1. The Labute approximate surface area is 127 Å². The summed E-state index contributed by atoms with van der Waals surface area (Å²) in [5, 5.41) is 0. The van der Waals surface area contributed by atoms with Crippen LogP contribution < -0.4 is 0 Å². The van der Waals surface area contributed by atoms with Crippen molar-refractivity contribution in [2.24, 2.45) is 9.98 Å².